The molecular weight excluding hydrogens is 358 g/mol. The van der Waals surface area contributed by atoms with E-state index < -0.39 is 0 Å². The van der Waals surface area contributed by atoms with Gasteiger partial charge in [0.1, 0.15) is 0 Å². The highest BCUT2D eigenvalue weighted by Crippen LogP contribution is 2.20. The lowest BCUT2D eigenvalue weighted by molar-refractivity contribution is -0.125. The second-order valence-electron chi connectivity index (χ2n) is 4.87. The summed E-state index contributed by atoms with van der Waals surface area (Å²) in [5, 5.41) is 8.54. The highest BCUT2D eigenvalue weighted by atomic mass is 79.9. The lowest BCUT2D eigenvalue weighted by Crippen LogP contribution is -2.43. The maximum absolute atomic E-state index is 11.8. The van der Waals surface area contributed by atoms with Crippen molar-refractivity contribution in [1.82, 2.24) is 10.6 Å². The molecule has 2 rings (SSSR count). The van der Waals surface area contributed by atoms with Gasteiger partial charge in [-0.05, 0) is 44.0 Å². The van der Waals surface area contributed by atoms with Gasteiger partial charge in [0.15, 0.2) is 0 Å². The number of hydrogen-bond acceptors (Lipinski definition) is 3. The van der Waals surface area contributed by atoms with E-state index in [0.717, 1.165) is 35.1 Å². The summed E-state index contributed by atoms with van der Waals surface area (Å²) in [5.41, 5.74) is 1.72. The molecule has 1 unspecified atom stereocenters. The summed E-state index contributed by atoms with van der Waals surface area (Å²) >= 11 is 3.36. The van der Waals surface area contributed by atoms with Crippen LogP contribution >= 0.6 is 28.3 Å². The SMILES string of the molecule is Cc1ccc(Br)cc1NC(=O)CNC(=O)C1CCCN1.Cl. The molecule has 0 radical (unpaired) electrons. The summed E-state index contributed by atoms with van der Waals surface area (Å²) in [5.74, 6) is -0.332. The molecule has 0 aromatic heterocycles. The molecule has 3 N–H and O–H groups in total. The van der Waals surface area contributed by atoms with Crippen molar-refractivity contribution in [2.75, 3.05) is 18.4 Å². The van der Waals surface area contributed by atoms with E-state index in [0.29, 0.717) is 0 Å². The Balaban J connectivity index is 0.00000220. The third-order valence-electron chi connectivity index (χ3n) is 3.27. The van der Waals surface area contributed by atoms with Gasteiger partial charge in [0.25, 0.3) is 0 Å². The zero-order valence-electron chi connectivity index (χ0n) is 11.7. The van der Waals surface area contributed by atoms with Crippen molar-refractivity contribution >= 4 is 45.8 Å². The summed E-state index contributed by atoms with van der Waals surface area (Å²) in [4.78, 5) is 23.6. The van der Waals surface area contributed by atoms with Crippen LogP contribution in [0.5, 0.6) is 0 Å². The molecule has 0 saturated carbocycles. The van der Waals surface area contributed by atoms with E-state index in [4.69, 9.17) is 0 Å². The van der Waals surface area contributed by atoms with Crippen molar-refractivity contribution < 1.29 is 9.59 Å². The molecule has 1 aliphatic rings. The molecule has 1 aromatic carbocycles. The van der Waals surface area contributed by atoms with Crippen molar-refractivity contribution in [1.29, 1.82) is 0 Å². The molecule has 0 aliphatic carbocycles. The van der Waals surface area contributed by atoms with Crippen LogP contribution in [0.3, 0.4) is 0 Å². The Kier molecular flexibility index (Phi) is 7.14. The number of carbonyl (C=O) groups excluding carboxylic acids is 2. The Morgan fingerprint density at radius 3 is 2.86 bits per heavy atom. The van der Waals surface area contributed by atoms with Crippen LogP contribution in [0.25, 0.3) is 0 Å². The quantitative estimate of drug-likeness (QED) is 0.752. The van der Waals surface area contributed by atoms with Crippen molar-refractivity contribution in [2.24, 2.45) is 0 Å². The van der Waals surface area contributed by atoms with E-state index in [-0.39, 0.29) is 36.8 Å². The summed E-state index contributed by atoms with van der Waals surface area (Å²) in [6.07, 6.45) is 1.83. The Labute approximate surface area is 138 Å². The molecule has 1 aliphatic heterocycles. The number of rotatable bonds is 4. The van der Waals surface area contributed by atoms with Gasteiger partial charge in [-0.15, -0.1) is 12.4 Å². The van der Waals surface area contributed by atoms with E-state index in [9.17, 15) is 9.59 Å². The van der Waals surface area contributed by atoms with Crippen LogP contribution in [-0.2, 0) is 9.59 Å². The van der Waals surface area contributed by atoms with Crippen molar-refractivity contribution in [3.63, 3.8) is 0 Å². The second-order valence-corrected chi connectivity index (χ2v) is 5.79. The number of nitrogens with one attached hydrogen (secondary N) is 3. The molecule has 0 bridgehead atoms. The highest BCUT2D eigenvalue weighted by molar-refractivity contribution is 9.10. The van der Waals surface area contributed by atoms with Crippen LogP contribution in [0.4, 0.5) is 5.69 Å². The maximum Gasteiger partial charge on any atom is 0.243 e. The van der Waals surface area contributed by atoms with E-state index >= 15 is 0 Å². The standard InChI is InChI=1S/C14H18BrN3O2.ClH/c1-9-4-5-10(15)7-12(9)18-13(19)8-17-14(20)11-3-2-6-16-11;/h4-5,7,11,16H,2-3,6,8H2,1H3,(H,17,20)(H,18,19);1H. The first kappa shape index (κ1) is 17.9. The molecule has 5 nitrogen and oxygen atoms in total. The number of hydrogen-bond donors (Lipinski definition) is 3. The van der Waals surface area contributed by atoms with Gasteiger partial charge in [-0.3, -0.25) is 9.59 Å². The van der Waals surface area contributed by atoms with Crippen molar-refractivity contribution in [2.45, 2.75) is 25.8 Å². The number of carbonyl (C=O) groups is 2. The molecule has 1 saturated heterocycles. The Morgan fingerprint density at radius 1 is 1.43 bits per heavy atom. The van der Waals surface area contributed by atoms with Crippen LogP contribution < -0.4 is 16.0 Å². The predicted octanol–water partition coefficient (Wildman–Crippen LogP) is 1.99. The molecule has 1 heterocycles. The van der Waals surface area contributed by atoms with Gasteiger partial charge in [-0.1, -0.05) is 22.0 Å². The van der Waals surface area contributed by atoms with Gasteiger partial charge >= 0.3 is 0 Å². The summed E-state index contributed by atoms with van der Waals surface area (Å²) in [6.45, 7) is 2.77. The third-order valence-corrected chi connectivity index (χ3v) is 3.77. The molecule has 7 heteroatoms. The number of anilines is 1. The van der Waals surface area contributed by atoms with Crippen molar-refractivity contribution in [3.8, 4) is 0 Å². The summed E-state index contributed by atoms with van der Waals surface area (Å²) in [7, 11) is 0. The van der Waals surface area contributed by atoms with Gasteiger partial charge < -0.3 is 16.0 Å². The molecule has 116 valence electrons. The molecule has 1 aromatic rings. The zero-order chi connectivity index (χ0) is 14.5. The monoisotopic (exact) mass is 375 g/mol. The fourth-order valence-electron chi connectivity index (χ4n) is 2.12. The van der Waals surface area contributed by atoms with Crippen LogP contribution in [0.15, 0.2) is 22.7 Å². The van der Waals surface area contributed by atoms with Crippen LogP contribution in [0.1, 0.15) is 18.4 Å². The first-order chi connectivity index (χ1) is 9.56. The van der Waals surface area contributed by atoms with Gasteiger partial charge in [0.2, 0.25) is 11.8 Å². The number of amides is 2. The zero-order valence-corrected chi connectivity index (χ0v) is 14.1. The number of aryl methyl sites for hydroxylation is 1. The molecule has 1 fully saturated rings. The van der Waals surface area contributed by atoms with Gasteiger partial charge in [0.05, 0.1) is 12.6 Å². The van der Waals surface area contributed by atoms with Crippen LogP contribution in [-0.4, -0.2) is 30.9 Å². The Bertz CT molecular complexity index is 519. The number of halogens is 2. The normalized spacial score (nSPS) is 17.0. The smallest absolute Gasteiger partial charge is 0.243 e. The molecule has 1 atom stereocenters. The average molecular weight is 377 g/mol. The Hall–Kier alpha value is -1.11. The highest BCUT2D eigenvalue weighted by Gasteiger charge is 2.22. The van der Waals surface area contributed by atoms with Crippen LogP contribution in [0, 0.1) is 6.92 Å². The van der Waals surface area contributed by atoms with E-state index in [2.05, 4.69) is 31.9 Å². The molecule has 0 spiro atoms. The summed E-state index contributed by atoms with van der Waals surface area (Å²) < 4.78 is 0.901. The minimum atomic E-state index is -0.224. The van der Waals surface area contributed by atoms with E-state index in [1.165, 1.54) is 0 Å². The Morgan fingerprint density at radius 2 is 2.19 bits per heavy atom. The van der Waals surface area contributed by atoms with Crippen molar-refractivity contribution in [3.05, 3.63) is 28.2 Å². The summed E-state index contributed by atoms with van der Waals surface area (Å²) in [6, 6.07) is 5.52. The number of benzene rings is 1. The molecular formula is C14H19BrClN3O2. The minimum absolute atomic E-state index is 0. The first-order valence-corrected chi connectivity index (χ1v) is 7.42. The fourth-order valence-corrected chi connectivity index (χ4v) is 2.48. The van der Waals surface area contributed by atoms with Gasteiger partial charge in [0, 0.05) is 10.2 Å². The second kappa shape index (κ2) is 8.36. The molecule has 2 amide bonds. The van der Waals surface area contributed by atoms with E-state index in [1.54, 1.807) is 0 Å². The van der Waals surface area contributed by atoms with E-state index in [1.807, 2.05) is 25.1 Å². The predicted molar refractivity (Wildman–Crippen MR) is 88.8 cm³/mol. The van der Waals surface area contributed by atoms with Gasteiger partial charge in [-0.25, -0.2) is 0 Å². The largest absolute Gasteiger partial charge is 0.346 e. The topological polar surface area (TPSA) is 70.2 Å². The third kappa shape index (κ3) is 5.30. The minimum Gasteiger partial charge on any atom is -0.346 e. The first-order valence-electron chi connectivity index (χ1n) is 6.63. The lowest BCUT2D eigenvalue weighted by Gasteiger charge is -2.12. The molecule has 21 heavy (non-hydrogen) atoms. The van der Waals surface area contributed by atoms with Crippen LogP contribution in [0.2, 0.25) is 0 Å². The lowest BCUT2D eigenvalue weighted by atomic mass is 10.2. The van der Waals surface area contributed by atoms with Gasteiger partial charge in [-0.2, -0.15) is 0 Å². The maximum atomic E-state index is 11.8. The fraction of sp³-hybridized carbons (Fsp3) is 0.429. The average Bonchev–Trinajstić information content (AvgIpc) is 2.94.